The molecular formula is C16H24O3. The Balaban J connectivity index is 1.66. The van der Waals surface area contributed by atoms with Crippen LogP contribution in [0.15, 0.2) is 37.0 Å². The fourth-order valence-corrected chi connectivity index (χ4v) is 2.16. The monoisotopic (exact) mass is 264 g/mol. The summed E-state index contributed by atoms with van der Waals surface area (Å²) in [5.41, 5.74) is 0.0348. The zero-order valence-corrected chi connectivity index (χ0v) is 11.8. The molecule has 0 unspecified atom stereocenters. The second-order valence-electron chi connectivity index (χ2n) is 5.63. The van der Waals surface area contributed by atoms with Crippen molar-refractivity contribution in [1.82, 2.24) is 0 Å². The first kappa shape index (κ1) is 14.5. The zero-order valence-electron chi connectivity index (χ0n) is 11.8. The van der Waals surface area contributed by atoms with Crippen LogP contribution in [-0.2, 0) is 14.2 Å². The van der Waals surface area contributed by atoms with E-state index in [9.17, 15) is 0 Å². The van der Waals surface area contributed by atoms with Gasteiger partial charge in [0.2, 0.25) is 0 Å². The molecule has 0 atom stereocenters. The first-order valence-corrected chi connectivity index (χ1v) is 7.05. The van der Waals surface area contributed by atoms with Crippen LogP contribution in [-0.4, -0.2) is 25.8 Å². The van der Waals surface area contributed by atoms with Gasteiger partial charge >= 0.3 is 5.97 Å². The molecule has 3 aliphatic heterocycles. The van der Waals surface area contributed by atoms with Gasteiger partial charge in [-0.25, -0.2) is 0 Å². The number of hydrogen-bond donors (Lipinski definition) is 0. The number of allylic oxidation sites excluding steroid dienone is 4. The predicted octanol–water partition coefficient (Wildman–Crippen LogP) is 3.58. The maximum atomic E-state index is 5.67. The summed E-state index contributed by atoms with van der Waals surface area (Å²) in [5, 5.41) is 0. The van der Waals surface area contributed by atoms with Crippen molar-refractivity contribution in [2.45, 2.75) is 38.6 Å². The van der Waals surface area contributed by atoms with E-state index >= 15 is 0 Å². The van der Waals surface area contributed by atoms with Crippen molar-refractivity contribution in [2.75, 3.05) is 19.8 Å². The molecule has 19 heavy (non-hydrogen) atoms. The third-order valence-electron chi connectivity index (χ3n) is 3.45. The molecule has 0 amide bonds. The molecule has 0 aliphatic carbocycles. The molecular weight excluding hydrogens is 240 g/mol. The van der Waals surface area contributed by atoms with Crippen molar-refractivity contribution < 1.29 is 14.2 Å². The Bertz CT molecular complexity index is 332. The fourth-order valence-electron chi connectivity index (χ4n) is 2.16. The molecule has 3 nitrogen and oxygen atoms in total. The first-order chi connectivity index (χ1) is 9.18. The summed E-state index contributed by atoms with van der Waals surface area (Å²) >= 11 is 0. The fraction of sp³-hybridized carbons (Fsp3) is 0.625. The summed E-state index contributed by atoms with van der Waals surface area (Å²) in [5.74, 6) is -0.902. The van der Waals surface area contributed by atoms with Crippen LogP contribution in [0.2, 0.25) is 0 Å². The molecule has 0 radical (unpaired) electrons. The summed E-state index contributed by atoms with van der Waals surface area (Å²) in [6.07, 6.45) is 14.4. The highest BCUT2D eigenvalue weighted by Crippen LogP contribution is 2.38. The van der Waals surface area contributed by atoms with Crippen LogP contribution < -0.4 is 0 Å². The summed E-state index contributed by atoms with van der Waals surface area (Å²) < 4.78 is 17.0. The number of rotatable bonds is 7. The molecule has 0 aromatic rings. The highest BCUT2D eigenvalue weighted by Gasteiger charge is 2.48. The molecule has 0 aromatic carbocycles. The van der Waals surface area contributed by atoms with Gasteiger partial charge in [0.05, 0.1) is 19.8 Å². The van der Waals surface area contributed by atoms with Crippen LogP contribution in [0.5, 0.6) is 0 Å². The van der Waals surface area contributed by atoms with Crippen molar-refractivity contribution in [3.63, 3.8) is 0 Å². The molecule has 0 saturated carbocycles. The van der Waals surface area contributed by atoms with Gasteiger partial charge in [0.1, 0.15) is 0 Å². The maximum absolute atomic E-state index is 5.67. The second-order valence-corrected chi connectivity index (χ2v) is 5.63. The smallest absolute Gasteiger partial charge is 0.304 e. The van der Waals surface area contributed by atoms with Gasteiger partial charge in [-0.1, -0.05) is 37.8 Å². The van der Waals surface area contributed by atoms with Gasteiger partial charge in [-0.3, -0.25) is 0 Å². The lowest BCUT2D eigenvalue weighted by Crippen LogP contribution is -2.57. The standard InChI is InChI=1S/C16H24O3/c1-3-4-5-6-7-8-9-10-11-16-17-12-15(2,13-18-16)14-19-16/h3-5,10-11H,1,6-9,12-14H2,2H3/b5-4+,11-10-. The molecule has 3 saturated heterocycles. The molecule has 2 bridgehead atoms. The van der Waals surface area contributed by atoms with Gasteiger partial charge in [-0.15, -0.1) is 0 Å². The molecule has 0 spiro atoms. The van der Waals surface area contributed by atoms with Gasteiger partial charge in [-0.2, -0.15) is 0 Å². The largest absolute Gasteiger partial charge is 0.323 e. The van der Waals surface area contributed by atoms with Crippen molar-refractivity contribution in [3.8, 4) is 0 Å². The molecule has 106 valence electrons. The highest BCUT2D eigenvalue weighted by molar-refractivity contribution is 4.98. The Kier molecular flexibility index (Phi) is 4.97. The lowest BCUT2D eigenvalue weighted by Gasteiger charge is -2.49. The Morgan fingerprint density at radius 2 is 1.58 bits per heavy atom. The average molecular weight is 264 g/mol. The highest BCUT2D eigenvalue weighted by atomic mass is 16.9. The summed E-state index contributed by atoms with van der Waals surface area (Å²) in [6, 6.07) is 0. The van der Waals surface area contributed by atoms with Crippen molar-refractivity contribution in [3.05, 3.63) is 37.0 Å². The minimum Gasteiger partial charge on any atom is -0.323 e. The maximum Gasteiger partial charge on any atom is 0.304 e. The van der Waals surface area contributed by atoms with Crippen molar-refractivity contribution >= 4 is 0 Å². The molecule has 3 rings (SSSR count). The van der Waals surface area contributed by atoms with Crippen LogP contribution in [0.1, 0.15) is 32.6 Å². The Hall–Kier alpha value is -0.900. The van der Waals surface area contributed by atoms with Gasteiger partial charge in [0.25, 0.3) is 0 Å². The van der Waals surface area contributed by atoms with Crippen LogP contribution in [0.4, 0.5) is 0 Å². The van der Waals surface area contributed by atoms with E-state index in [4.69, 9.17) is 14.2 Å². The number of fused-ring (bicyclic) bond motifs is 3. The normalized spacial score (nSPS) is 34.4. The lowest BCUT2D eigenvalue weighted by atomic mass is 9.92. The van der Waals surface area contributed by atoms with E-state index in [-0.39, 0.29) is 5.41 Å². The van der Waals surface area contributed by atoms with Crippen LogP contribution in [0.25, 0.3) is 0 Å². The van der Waals surface area contributed by atoms with Crippen molar-refractivity contribution in [1.29, 1.82) is 0 Å². The van der Waals surface area contributed by atoms with Gasteiger partial charge < -0.3 is 14.2 Å². The van der Waals surface area contributed by atoms with E-state index in [0.717, 1.165) is 19.3 Å². The average Bonchev–Trinajstić information content (AvgIpc) is 2.44. The second kappa shape index (κ2) is 6.51. The SMILES string of the molecule is C=C/C=C/CCCC/C=C\C12OCC(C)(CO1)CO2. The minimum atomic E-state index is -0.902. The molecule has 3 heteroatoms. The lowest BCUT2D eigenvalue weighted by molar-refractivity contribution is -0.441. The topological polar surface area (TPSA) is 27.7 Å². The van der Waals surface area contributed by atoms with Crippen molar-refractivity contribution in [2.24, 2.45) is 5.41 Å². The van der Waals surface area contributed by atoms with E-state index in [1.54, 1.807) is 0 Å². The van der Waals surface area contributed by atoms with E-state index < -0.39 is 5.97 Å². The molecule has 0 aromatic heterocycles. The Morgan fingerprint density at radius 3 is 2.16 bits per heavy atom. The van der Waals surface area contributed by atoms with Crippen LogP contribution in [0.3, 0.4) is 0 Å². The summed E-state index contributed by atoms with van der Waals surface area (Å²) in [4.78, 5) is 0. The van der Waals surface area contributed by atoms with E-state index in [1.165, 1.54) is 6.42 Å². The minimum absolute atomic E-state index is 0.0348. The van der Waals surface area contributed by atoms with Crippen LogP contribution in [0, 0.1) is 5.41 Å². The van der Waals surface area contributed by atoms with E-state index in [1.807, 2.05) is 18.2 Å². The number of hydrogen-bond acceptors (Lipinski definition) is 3. The Labute approximate surface area is 115 Å². The summed E-state index contributed by atoms with van der Waals surface area (Å²) in [6.45, 7) is 7.90. The first-order valence-electron chi connectivity index (χ1n) is 7.05. The molecule has 0 N–H and O–H groups in total. The third kappa shape index (κ3) is 4.03. The van der Waals surface area contributed by atoms with E-state index in [2.05, 4.69) is 25.7 Å². The van der Waals surface area contributed by atoms with Crippen LogP contribution >= 0.6 is 0 Å². The molecule has 3 aliphatic rings. The molecule has 3 fully saturated rings. The zero-order chi connectivity index (χ0) is 13.6. The molecule has 3 heterocycles. The van der Waals surface area contributed by atoms with Gasteiger partial charge in [0.15, 0.2) is 0 Å². The summed E-state index contributed by atoms with van der Waals surface area (Å²) in [7, 11) is 0. The Morgan fingerprint density at radius 1 is 1.00 bits per heavy atom. The predicted molar refractivity (Wildman–Crippen MR) is 75.6 cm³/mol. The quantitative estimate of drug-likeness (QED) is 0.399. The number of ether oxygens (including phenoxy) is 3. The van der Waals surface area contributed by atoms with E-state index in [0.29, 0.717) is 19.8 Å². The van der Waals surface area contributed by atoms with Gasteiger partial charge in [0, 0.05) is 11.5 Å². The number of unbranched alkanes of at least 4 members (excludes halogenated alkanes) is 3. The van der Waals surface area contributed by atoms with Gasteiger partial charge in [-0.05, 0) is 25.7 Å². The third-order valence-corrected chi connectivity index (χ3v) is 3.45.